The highest BCUT2D eigenvalue weighted by Gasteiger charge is 2.41. The lowest BCUT2D eigenvalue weighted by Gasteiger charge is -2.40. The summed E-state index contributed by atoms with van der Waals surface area (Å²) < 4.78 is 28.9. The van der Waals surface area contributed by atoms with E-state index in [-0.39, 0.29) is 42.5 Å². The number of aromatic nitrogens is 1. The van der Waals surface area contributed by atoms with Crippen LogP contribution in [0.1, 0.15) is 26.7 Å². The van der Waals surface area contributed by atoms with E-state index in [0.717, 1.165) is 25.6 Å². The SMILES string of the molecule is CC(C)N1CCCC1C(=O)N1CCN(c2c(F)cncc2NC(=O)C(C(N)N=O)C2NCC(F)CN2C)CC1. The van der Waals surface area contributed by atoms with Crippen LogP contribution in [0.3, 0.4) is 0 Å². The normalized spacial score (nSPS) is 26.5. The minimum atomic E-state index is -1.42. The molecule has 0 bridgehead atoms. The first-order valence-electron chi connectivity index (χ1n) is 13.5. The summed E-state index contributed by atoms with van der Waals surface area (Å²) in [5.41, 5.74) is 6.16. The van der Waals surface area contributed by atoms with Gasteiger partial charge >= 0.3 is 0 Å². The van der Waals surface area contributed by atoms with Crippen molar-refractivity contribution < 1.29 is 18.4 Å². The van der Waals surface area contributed by atoms with Crippen LogP contribution in [0.2, 0.25) is 0 Å². The molecule has 5 unspecified atom stereocenters. The van der Waals surface area contributed by atoms with E-state index in [0.29, 0.717) is 26.2 Å². The minimum absolute atomic E-state index is 0.00405. The van der Waals surface area contributed by atoms with Crippen molar-refractivity contribution in [2.75, 3.05) is 63.1 Å². The van der Waals surface area contributed by atoms with E-state index in [2.05, 4.69) is 39.5 Å². The Labute approximate surface area is 227 Å². The Hall–Kier alpha value is -2.81. The molecule has 4 heterocycles. The van der Waals surface area contributed by atoms with Gasteiger partial charge in [0.05, 0.1) is 30.3 Å². The zero-order valence-electron chi connectivity index (χ0n) is 22.7. The first-order chi connectivity index (χ1) is 18.6. The molecule has 3 aliphatic heterocycles. The number of hydrogen-bond donors (Lipinski definition) is 3. The number of likely N-dealkylation sites (tertiary alicyclic amines) is 1. The fourth-order valence-corrected chi connectivity index (χ4v) is 5.94. The van der Waals surface area contributed by atoms with Gasteiger partial charge in [-0.25, -0.2) is 8.78 Å². The van der Waals surface area contributed by atoms with E-state index in [1.807, 2.05) is 4.90 Å². The van der Waals surface area contributed by atoms with Crippen molar-refractivity contribution in [3.05, 3.63) is 23.1 Å². The number of hydrogen-bond acceptors (Lipinski definition) is 10. The van der Waals surface area contributed by atoms with Crippen LogP contribution in [0, 0.1) is 16.6 Å². The van der Waals surface area contributed by atoms with E-state index >= 15 is 4.39 Å². The van der Waals surface area contributed by atoms with Crippen LogP contribution in [0.5, 0.6) is 0 Å². The Morgan fingerprint density at radius 1 is 1.21 bits per heavy atom. The maximum atomic E-state index is 15.1. The number of nitrogens with one attached hydrogen (secondary N) is 2. The second-order valence-corrected chi connectivity index (χ2v) is 10.8. The number of carbonyl (C=O) groups is 2. The molecule has 14 heteroatoms. The second-order valence-electron chi connectivity index (χ2n) is 10.8. The Morgan fingerprint density at radius 2 is 1.92 bits per heavy atom. The predicted molar refractivity (Wildman–Crippen MR) is 143 cm³/mol. The molecule has 12 nitrogen and oxygen atoms in total. The number of amides is 2. The molecule has 0 aromatic carbocycles. The summed E-state index contributed by atoms with van der Waals surface area (Å²) in [7, 11) is 1.61. The maximum Gasteiger partial charge on any atom is 0.240 e. The monoisotopic (exact) mass is 551 g/mol. The molecular weight excluding hydrogens is 512 g/mol. The van der Waals surface area contributed by atoms with Crippen molar-refractivity contribution in [3.8, 4) is 0 Å². The highest BCUT2D eigenvalue weighted by atomic mass is 19.1. The van der Waals surface area contributed by atoms with Gasteiger partial charge in [0, 0.05) is 45.3 Å². The van der Waals surface area contributed by atoms with E-state index in [1.165, 1.54) is 6.20 Å². The molecule has 5 atom stereocenters. The van der Waals surface area contributed by atoms with Crippen LogP contribution < -0.4 is 21.3 Å². The van der Waals surface area contributed by atoms with E-state index in [4.69, 9.17) is 5.73 Å². The number of alkyl halides is 1. The number of halogens is 2. The van der Waals surface area contributed by atoms with Gasteiger partial charge in [0.25, 0.3) is 0 Å². The van der Waals surface area contributed by atoms with Crippen molar-refractivity contribution in [3.63, 3.8) is 0 Å². The molecule has 4 rings (SSSR count). The van der Waals surface area contributed by atoms with Gasteiger partial charge in [0.1, 0.15) is 17.8 Å². The van der Waals surface area contributed by atoms with E-state index in [9.17, 15) is 18.9 Å². The van der Waals surface area contributed by atoms with E-state index in [1.54, 1.807) is 16.8 Å². The first kappa shape index (κ1) is 29.2. The number of rotatable bonds is 8. The summed E-state index contributed by atoms with van der Waals surface area (Å²) in [6, 6.07) is 0.156. The summed E-state index contributed by atoms with van der Waals surface area (Å²) in [5.74, 6) is -2.36. The molecule has 0 radical (unpaired) electrons. The number of nitrogens with two attached hydrogens (primary N) is 1. The van der Waals surface area contributed by atoms with Crippen LogP contribution in [-0.2, 0) is 9.59 Å². The number of nitrogens with zero attached hydrogens (tertiary/aromatic N) is 6. The molecule has 4 N–H and O–H groups in total. The van der Waals surface area contributed by atoms with Gasteiger partial charge in [0.15, 0.2) is 12.0 Å². The van der Waals surface area contributed by atoms with Gasteiger partial charge in [-0.05, 0) is 40.3 Å². The molecule has 1 aromatic rings. The number of nitroso groups, excluding NO2 is 1. The van der Waals surface area contributed by atoms with Gasteiger partial charge in [-0.1, -0.05) is 5.18 Å². The van der Waals surface area contributed by atoms with Crippen molar-refractivity contribution >= 4 is 23.2 Å². The summed E-state index contributed by atoms with van der Waals surface area (Å²) in [6.45, 7) is 6.71. The third-order valence-electron chi connectivity index (χ3n) is 7.92. The molecule has 0 aliphatic carbocycles. The third-order valence-corrected chi connectivity index (χ3v) is 7.92. The topological polar surface area (TPSA) is 140 Å². The van der Waals surface area contributed by atoms with Crippen LogP contribution >= 0.6 is 0 Å². The third kappa shape index (κ3) is 6.34. The zero-order valence-corrected chi connectivity index (χ0v) is 22.7. The highest BCUT2D eigenvalue weighted by molar-refractivity contribution is 5.96. The summed E-state index contributed by atoms with van der Waals surface area (Å²) in [6.07, 6.45) is 0.927. The number of carbonyl (C=O) groups excluding carboxylic acids is 2. The van der Waals surface area contributed by atoms with Gasteiger partial charge < -0.3 is 20.9 Å². The summed E-state index contributed by atoms with van der Waals surface area (Å²) in [5, 5.41) is 8.44. The van der Waals surface area contributed by atoms with Gasteiger partial charge in [-0.15, -0.1) is 4.91 Å². The van der Waals surface area contributed by atoms with Gasteiger partial charge in [0.2, 0.25) is 11.8 Å². The Morgan fingerprint density at radius 3 is 2.56 bits per heavy atom. The Kier molecular flexibility index (Phi) is 9.41. The van der Waals surface area contributed by atoms with Crippen LogP contribution in [0.4, 0.5) is 20.2 Å². The lowest BCUT2D eigenvalue weighted by molar-refractivity contribution is -0.136. The maximum absolute atomic E-state index is 15.1. The molecule has 2 amide bonds. The number of anilines is 2. The second kappa shape index (κ2) is 12.6. The predicted octanol–water partition coefficient (Wildman–Crippen LogP) is 0.547. The molecule has 0 spiro atoms. The highest BCUT2D eigenvalue weighted by Crippen LogP contribution is 2.31. The number of piperazine rings is 1. The summed E-state index contributed by atoms with van der Waals surface area (Å²) in [4.78, 5) is 49.3. The largest absolute Gasteiger partial charge is 0.364 e. The lowest BCUT2D eigenvalue weighted by atomic mass is 9.98. The average Bonchev–Trinajstić information content (AvgIpc) is 3.40. The van der Waals surface area contributed by atoms with Crippen molar-refractivity contribution in [2.24, 2.45) is 16.8 Å². The quantitative estimate of drug-likeness (QED) is 0.395. The number of pyridine rings is 1. The van der Waals surface area contributed by atoms with Crippen LogP contribution in [0.15, 0.2) is 17.6 Å². The Bertz CT molecular complexity index is 1040. The van der Waals surface area contributed by atoms with Gasteiger partial charge in [-0.3, -0.25) is 29.7 Å². The molecule has 0 saturated carbocycles. The minimum Gasteiger partial charge on any atom is -0.364 e. The van der Waals surface area contributed by atoms with Crippen LogP contribution in [-0.4, -0.2) is 115 Å². The average molecular weight is 552 g/mol. The van der Waals surface area contributed by atoms with E-state index < -0.39 is 36.1 Å². The van der Waals surface area contributed by atoms with Crippen molar-refractivity contribution in [1.29, 1.82) is 0 Å². The molecule has 39 heavy (non-hydrogen) atoms. The Balaban J connectivity index is 1.47. The zero-order chi connectivity index (χ0) is 28.3. The van der Waals surface area contributed by atoms with Crippen molar-refractivity contribution in [1.82, 2.24) is 25.0 Å². The summed E-state index contributed by atoms with van der Waals surface area (Å²) >= 11 is 0. The fraction of sp³-hybridized carbons (Fsp3) is 0.720. The lowest BCUT2D eigenvalue weighted by Crippen LogP contribution is -2.62. The smallest absolute Gasteiger partial charge is 0.240 e. The molecule has 216 valence electrons. The molecular formula is C25H39F2N9O3. The van der Waals surface area contributed by atoms with Crippen LogP contribution in [0.25, 0.3) is 0 Å². The molecule has 3 aliphatic rings. The standard InChI is InChI=1S/C25H39F2N9O3/c1-15(2)36-6-4-5-19(36)25(38)35-9-7-34(8-10-35)21-17(27)12-29-13-18(21)31-24(37)20(22(28)32-39)23-30-11-16(26)14-33(23)3/h12-13,15-16,19-20,22-23,30H,4-11,14,28H2,1-3H3,(H,31,37). The molecule has 1 aromatic heterocycles. The molecule has 3 saturated heterocycles. The fourth-order valence-electron chi connectivity index (χ4n) is 5.94. The van der Waals surface area contributed by atoms with Crippen molar-refractivity contribution in [2.45, 2.75) is 57.3 Å². The van der Waals surface area contributed by atoms with Gasteiger partial charge in [-0.2, -0.15) is 0 Å². The molecule has 3 fully saturated rings. The first-order valence-corrected chi connectivity index (χ1v) is 13.5.